The topological polar surface area (TPSA) is 621 Å². The van der Waals surface area contributed by atoms with Crippen LogP contribution in [0, 0.1) is 39.1 Å². The minimum Gasteiger partial charge on any atom is -0.508 e. The molecule has 12 atom stereocenters. The van der Waals surface area contributed by atoms with Crippen LogP contribution in [0.4, 0.5) is 0 Å². The SMILES string of the molecule is CN(C)Cc1ccc(-c2ccc(O)c3c2C[C@H]2C[C@H]4[C@H](N(C)C)C(=O)C(C(N)=O)=C(O)[C@@]4(O)C(=O)C2=C3O)[nH]1.CN(C)[C@@H]1C(=O)C(C(N)=O)=C(O)[C@@]2(O)C(=O)C3=C(O)c4c(O)ccc(-c5ccc(C=O)[nH]5)c4C[C@H]3C[C@@H]12.CN(C)[C@@H]1C(=O)C(C(N)=O)=C(O)[C@@]2(O)C(=O)C3=C(O)c4c(O)ccc(I)c4C[C@H]3C[C@@H]12.CNC.O=Cc1ccc(B(O)O)[nH]1. The van der Waals surface area contributed by atoms with E-state index in [-0.39, 0.29) is 88.4 Å². The van der Waals surface area contributed by atoms with Crippen molar-refractivity contribution in [3.63, 3.8) is 0 Å². The van der Waals surface area contributed by atoms with E-state index < -0.39 is 181 Å². The van der Waals surface area contributed by atoms with Crippen LogP contribution in [0.1, 0.15) is 79.3 Å². The van der Waals surface area contributed by atoms with Gasteiger partial charge in [0.15, 0.2) is 46.7 Å². The normalized spacial score (nSPS) is 25.8. The number of aliphatic hydroxyl groups is 9. The number of nitrogens with one attached hydrogen (secondary N) is 4. The van der Waals surface area contributed by atoms with Crippen LogP contribution in [0.2, 0.25) is 0 Å². The molecule has 3 aromatic heterocycles. The van der Waals surface area contributed by atoms with Gasteiger partial charge in [-0.1, -0.05) is 0 Å². The highest BCUT2D eigenvalue weighted by atomic mass is 127. The Morgan fingerprint density at radius 3 is 1.10 bits per heavy atom. The van der Waals surface area contributed by atoms with E-state index in [0.717, 1.165) is 20.5 Å². The first kappa shape index (κ1) is 89.1. The Bertz CT molecular complexity index is 5570. The number of phenolic OH excluding ortho intramolecular Hbond substituents is 3. The molecule has 0 aliphatic heterocycles. The van der Waals surface area contributed by atoms with Gasteiger partial charge in [-0.25, -0.2) is 0 Å². The number of ketones is 6. The summed E-state index contributed by atoms with van der Waals surface area (Å²) in [6.45, 7) is 0.678. The number of aromatic hydroxyl groups is 3. The number of Topliss-reactive ketones (excluding diaryl/α,β-unsaturated/α-hetero) is 6. The van der Waals surface area contributed by atoms with E-state index in [9.17, 15) is 114 Å². The first-order chi connectivity index (χ1) is 56.3. The van der Waals surface area contributed by atoms with Crippen molar-refractivity contribution in [2.45, 2.75) is 80.0 Å². The molecule has 15 rings (SSSR count). The van der Waals surface area contributed by atoms with Crippen LogP contribution in [0.5, 0.6) is 17.2 Å². The Hall–Kier alpha value is -11.7. The highest BCUT2D eigenvalue weighted by molar-refractivity contribution is 14.1. The molecule has 0 saturated heterocycles. The van der Waals surface area contributed by atoms with E-state index in [1.807, 2.05) is 45.2 Å². The lowest BCUT2D eigenvalue weighted by molar-refractivity contribution is -0.155. The number of nitrogens with two attached hydrogens (primary N) is 3. The fourth-order valence-corrected chi connectivity index (χ4v) is 19.2. The number of aliphatic hydroxyl groups excluding tert-OH is 6. The maximum absolute atomic E-state index is 13.9. The van der Waals surface area contributed by atoms with E-state index >= 15 is 0 Å². The predicted molar refractivity (Wildman–Crippen MR) is 439 cm³/mol. The van der Waals surface area contributed by atoms with Gasteiger partial charge in [0.2, 0.25) is 17.3 Å². The van der Waals surface area contributed by atoms with Crippen molar-refractivity contribution in [1.82, 2.24) is 39.9 Å². The van der Waals surface area contributed by atoms with Crippen molar-refractivity contribution in [3.8, 4) is 39.8 Å². The van der Waals surface area contributed by atoms with Crippen molar-refractivity contribution in [2.24, 2.45) is 52.7 Å². The standard InChI is InChI=1S/C28H32N4O7.C26H25N3O8.C21H21IN2O7.C5H6BNO3.C2H7N/c1-31(2)11-13-5-7-17(30-13)14-6-8-18(33)20-15(14)9-12-10-16-22(32(3)4)24(35)21(27(29)38)26(37)28(16,39)25(36)19(12)23(20)34;1-29(2)20-14-8-10-7-13-12(15-5-3-11(9-30)28-15)4-6-16(31)18(13)21(32)17(10)23(34)26(14,37)24(35)19(22(20)33)25(27)36;1-24(2)15-9-6-7-5-8-10(22)3-4-11(25)13(8)16(26)12(7)18(28)21(9,31)19(29)14(17(15)27)20(23)30;8-3-4-1-2-5(7-4)6(9)10;1-3-2/h5-8,12,16,22,30,33-34,37,39H,9-11H2,1-4H3,(H2,29,38);3-6,9-10,14,20,28,31-32,35,37H,7-8H2,1-2H3,(H2,27,36);3-4,7,9,15,25-26,29,31H,5-6H2,1-2H3,(H2,23,30);1-3,7,9-10H;3H,1-2H3/t12-,16-,22-,28-;10-,14-,20-,26-;7-,9-,15-,21-;;/m000../s1. The number of carbonyl (C=O) groups is 11. The second-order valence-electron chi connectivity index (χ2n) is 31.7. The van der Waals surface area contributed by atoms with Gasteiger partial charge in [0.1, 0.15) is 68.5 Å². The highest BCUT2D eigenvalue weighted by Gasteiger charge is 2.68. The minimum absolute atomic E-state index is 0.00876. The van der Waals surface area contributed by atoms with Gasteiger partial charge >= 0.3 is 7.12 Å². The first-order valence-electron chi connectivity index (χ1n) is 37.5. The first-order valence-corrected chi connectivity index (χ1v) is 38.6. The van der Waals surface area contributed by atoms with Crippen LogP contribution in [-0.4, -0.2) is 283 Å². The Morgan fingerprint density at radius 1 is 0.475 bits per heavy atom. The number of aromatic amines is 3. The third-order valence-electron chi connectivity index (χ3n) is 23.5. The van der Waals surface area contributed by atoms with Crippen LogP contribution in [-0.2, 0) is 69.0 Å². The molecule has 0 unspecified atom stereocenters. The van der Waals surface area contributed by atoms with Gasteiger partial charge in [0.25, 0.3) is 17.7 Å². The molecular formula is C82H91BIN11O25. The highest BCUT2D eigenvalue weighted by Crippen LogP contribution is 2.58. The molecule has 3 amide bonds. The molecule has 0 radical (unpaired) electrons. The van der Waals surface area contributed by atoms with Gasteiger partial charge < -0.3 is 114 Å². The summed E-state index contributed by atoms with van der Waals surface area (Å²) in [5.74, 6) is -20.1. The Labute approximate surface area is 698 Å². The van der Waals surface area contributed by atoms with Gasteiger partial charge in [0, 0.05) is 78.4 Å². The van der Waals surface area contributed by atoms with Crippen molar-refractivity contribution >= 4 is 118 Å². The number of likely N-dealkylation sites (N-methyl/N-ethyl adjacent to an activating group) is 3. The zero-order valence-corrected chi connectivity index (χ0v) is 68.6. The average Bonchev–Trinajstić information content (AvgIpc) is 0.789. The molecule has 36 nitrogen and oxygen atoms in total. The number of carbonyl (C=O) groups excluding carboxylic acids is 11. The van der Waals surface area contributed by atoms with Crippen LogP contribution >= 0.6 is 22.6 Å². The summed E-state index contributed by atoms with van der Waals surface area (Å²) >= 11 is 2.07. The van der Waals surface area contributed by atoms with Crippen LogP contribution in [0.3, 0.4) is 0 Å². The molecule has 3 saturated carbocycles. The molecule has 3 fully saturated rings. The number of rotatable bonds is 13. The molecule has 38 heteroatoms. The fraction of sp³-hybridized carbons (Fsp3) is 0.354. The molecular weight excluding hydrogens is 1680 g/mol. The summed E-state index contributed by atoms with van der Waals surface area (Å²) in [6.07, 6.45) is 2.02. The number of phenols is 3. The molecule has 0 bridgehead atoms. The van der Waals surface area contributed by atoms with Gasteiger partial charge in [0.05, 0.1) is 46.2 Å². The van der Waals surface area contributed by atoms with Crippen molar-refractivity contribution < 1.29 is 124 Å². The van der Waals surface area contributed by atoms with Crippen molar-refractivity contribution in [2.75, 3.05) is 70.5 Å². The predicted octanol–water partition coefficient (Wildman–Crippen LogP) is 0.704. The van der Waals surface area contributed by atoms with E-state index in [1.54, 1.807) is 72.6 Å². The average molecular weight is 1770 g/mol. The molecule has 3 heterocycles. The smallest absolute Gasteiger partial charge is 0.505 e. The van der Waals surface area contributed by atoms with Gasteiger partial charge in [-0.3, -0.25) is 67.4 Å². The maximum Gasteiger partial charge on any atom is 0.505 e. The Morgan fingerprint density at radius 2 is 0.792 bits per heavy atom. The minimum atomic E-state index is -2.68. The summed E-state index contributed by atoms with van der Waals surface area (Å²) in [6, 6.07) is 15.9. The zero-order valence-electron chi connectivity index (χ0n) is 66.5. The number of aromatic nitrogens is 3. The summed E-state index contributed by atoms with van der Waals surface area (Å²) in [5.41, 5.74) is 11.4. The number of H-pyrrole nitrogens is 3. The van der Waals surface area contributed by atoms with E-state index in [1.165, 1.54) is 45.0 Å². The lowest BCUT2D eigenvalue weighted by Gasteiger charge is -2.50. The number of fused-ring (bicyclic) bond motifs is 9. The Kier molecular flexibility index (Phi) is 24.9. The molecule has 9 aliphatic rings. The summed E-state index contributed by atoms with van der Waals surface area (Å²) in [5, 5.41) is 152. The number of hydrogen-bond acceptors (Lipinski definition) is 30. The van der Waals surface area contributed by atoms with Gasteiger partial charge in [-0.05, 0) is 239 Å². The number of aldehydes is 2. The van der Waals surface area contributed by atoms with E-state index in [2.05, 4.69) is 42.9 Å². The number of amides is 3. The largest absolute Gasteiger partial charge is 0.508 e. The summed E-state index contributed by atoms with van der Waals surface area (Å²) < 4.78 is 0.784. The van der Waals surface area contributed by atoms with Gasteiger partial charge in [-0.2, -0.15) is 0 Å². The number of benzene rings is 3. The maximum atomic E-state index is 13.9. The number of hydrogen-bond donors (Lipinski definition) is 21. The molecule has 24 N–H and O–H groups in total. The molecule has 120 heavy (non-hydrogen) atoms. The second-order valence-corrected chi connectivity index (χ2v) is 32.9. The molecule has 634 valence electrons. The number of nitrogens with zero attached hydrogens (tertiary/aromatic N) is 4. The lowest BCUT2D eigenvalue weighted by atomic mass is 9.57. The fourth-order valence-electron chi connectivity index (χ4n) is 18.5. The number of halogens is 1. The zero-order chi connectivity index (χ0) is 88.8. The molecule has 6 aromatic rings. The quantitative estimate of drug-likeness (QED) is 0.0327. The molecule has 9 aliphatic carbocycles. The third-order valence-corrected chi connectivity index (χ3v) is 24.6. The van der Waals surface area contributed by atoms with Crippen LogP contribution < -0.4 is 28.1 Å². The van der Waals surface area contributed by atoms with Gasteiger partial charge in [-0.15, -0.1) is 0 Å². The van der Waals surface area contributed by atoms with E-state index in [0.29, 0.717) is 64.9 Å². The van der Waals surface area contributed by atoms with Crippen molar-refractivity contribution in [1.29, 1.82) is 0 Å². The summed E-state index contributed by atoms with van der Waals surface area (Å²) in [7, 11) is 15.5. The molecule has 3 aromatic carbocycles. The second kappa shape index (κ2) is 33.5. The lowest BCUT2D eigenvalue weighted by Crippen LogP contribution is -2.65. The molecule has 0 spiro atoms. The van der Waals surface area contributed by atoms with Crippen molar-refractivity contribution in [3.05, 3.63) is 178 Å². The Balaban J connectivity index is 0.000000164. The van der Waals surface area contributed by atoms with Crippen LogP contribution in [0.25, 0.3) is 39.8 Å². The number of primary amides is 3. The van der Waals surface area contributed by atoms with Crippen LogP contribution in [0.15, 0.2) is 124 Å². The van der Waals surface area contributed by atoms with E-state index in [4.69, 9.17) is 27.2 Å². The third kappa shape index (κ3) is 14.6. The summed E-state index contributed by atoms with van der Waals surface area (Å²) in [4.78, 5) is 153. The monoisotopic (exact) mass is 1770 g/mol.